The van der Waals surface area contributed by atoms with Gasteiger partial charge >= 0.3 is 6.03 Å². The zero-order valence-electron chi connectivity index (χ0n) is 12.7. The molecule has 2 aliphatic carbocycles. The lowest BCUT2D eigenvalue weighted by Crippen LogP contribution is -2.39. The van der Waals surface area contributed by atoms with Gasteiger partial charge in [-0.15, -0.1) is 0 Å². The number of amides is 2. The van der Waals surface area contributed by atoms with Crippen molar-refractivity contribution in [3.05, 3.63) is 0 Å². The van der Waals surface area contributed by atoms with Crippen molar-refractivity contribution >= 4 is 12.3 Å². The largest absolute Gasteiger partial charge is 0.331 e. The molecule has 4 nitrogen and oxygen atoms in total. The van der Waals surface area contributed by atoms with E-state index >= 15 is 0 Å². The van der Waals surface area contributed by atoms with E-state index < -0.39 is 0 Å². The van der Waals surface area contributed by atoms with Crippen LogP contribution in [0, 0.1) is 23.2 Å². The molecule has 0 aromatic carbocycles. The lowest BCUT2D eigenvalue weighted by atomic mass is 9.73. The summed E-state index contributed by atoms with van der Waals surface area (Å²) in [5, 5.41) is 0. The second-order valence-corrected chi connectivity index (χ2v) is 7.34. The predicted molar refractivity (Wildman–Crippen MR) is 77.3 cm³/mol. The van der Waals surface area contributed by atoms with E-state index in [1.807, 2.05) is 19.0 Å². The van der Waals surface area contributed by atoms with Crippen LogP contribution < -0.4 is 0 Å². The maximum Gasteiger partial charge on any atom is 0.319 e. The molecule has 0 radical (unpaired) electrons. The van der Waals surface area contributed by atoms with Crippen LogP contribution in [0.1, 0.15) is 38.5 Å². The number of carbonyl (C=O) groups is 2. The number of carbonyl (C=O) groups excluding carboxylic acids is 2. The molecule has 2 atom stereocenters. The number of nitrogens with zero attached hydrogens (tertiary/aromatic N) is 2. The molecule has 0 bridgehead atoms. The van der Waals surface area contributed by atoms with Crippen LogP contribution in [0.4, 0.5) is 4.79 Å². The molecule has 1 saturated heterocycles. The summed E-state index contributed by atoms with van der Waals surface area (Å²) in [4.78, 5) is 27.5. The Morgan fingerprint density at radius 2 is 1.70 bits per heavy atom. The lowest BCUT2D eigenvalue weighted by molar-refractivity contribution is -0.119. The van der Waals surface area contributed by atoms with E-state index in [1.54, 1.807) is 4.90 Å². The van der Waals surface area contributed by atoms with E-state index in [1.165, 1.54) is 32.0 Å². The summed E-state index contributed by atoms with van der Waals surface area (Å²) in [6.07, 6.45) is 8.37. The average molecular weight is 278 g/mol. The maximum absolute atomic E-state index is 12.0. The first-order valence-corrected chi connectivity index (χ1v) is 7.98. The van der Waals surface area contributed by atoms with Crippen molar-refractivity contribution in [2.75, 3.05) is 27.2 Å². The topological polar surface area (TPSA) is 40.6 Å². The highest BCUT2D eigenvalue weighted by Crippen LogP contribution is 2.55. The minimum atomic E-state index is -0.0565. The summed E-state index contributed by atoms with van der Waals surface area (Å²) in [5.74, 6) is 1.71. The molecule has 0 aromatic heterocycles. The highest BCUT2D eigenvalue weighted by atomic mass is 16.2. The van der Waals surface area contributed by atoms with Gasteiger partial charge in [0.15, 0.2) is 0 Å². The second kappa shape index (κ2) is 5.05. The van der Waals surface area contributed by atoms with Crippen LogP contribution in [0.25, 0.3) is 0 Å². The minimum Gasteiger partial charge on any atom is -0.331 e. The molecule has 20 heavy (non-hydrogen) atoms. The molecule has 2 saturated carbocycles. The Kier molecular flexibility index (Phi) is 3.51. The summed E-state index contributed by atoms with van der Waals surface area (Å²) in [6, 6.07) is 0.122. The molecule has 0 aromatic rings. The molecule has 3 fully saturated rings. The summed E-state index contributed by atoms with van der Waals surface area (Å²) >= 11 is 0. The fourth-order valence-electron chi connectivity index (χ4n) is 4.93. The first kappa shape index (κ1) is 13.9. The Bertz CT molecular complexity index is 387. The van der Waals surface area contributed by atoms with E-state index in [2.05, 4.69) is 0 Å². The fourth-order valence-corrected chi connectivity index (χ4v) is 4.93. The van der Waals surface area contributed by atoms with Gasteiger partial charge in [0.05, 0.1) is 0 Å². The van der Waals surface area contributed by atoms with Crippen LogP contribution in [0.3, 0.4) is 0 Å². The quantitative estimate of drug-likeness (QED) is 0.728. The van der Waals surface area contributed by atoms with Gasteiger partial charge in [0, 0.05) is 32.6 Å². The van der Waals surface area contributed by atoms with Crippen LogP contribution >= 0.6 is 0 Å². The van der Waals surface area contributed by atoms with Gasteiger partial charge in [0.1, 0.15) is 6.29 Å². The molecular formula is C16H26N2O2. The van der Waals surface area contributed by atoms with Gasteiger partial charge in [-0.05, 0) is 43.4 Å². The van der Waals surface area contributed by atoms with Gasteiger partial charge in [-0.25, -0.2) is 4.79 Å². The van der Waals surface area contributed by atoms with Crippen molar-refractivity contribution in [2.45, 2.75) is 38.5 Å². The zero-order chi connectivity index (χ0) is 14.3. The Balaban J connectivity index is 1.68. The van der Waals surface area contributed by atoms with Crippen LogP contribution in [0.15, 0.2) is 0 Å². The normalized spacial score (nSPS) is 37.2. The van der Waals surface area contributed by atoms with Crippen LogP contribution in [-0.4, -0.2) is 49.3 Å². The third-order valence-corrected chi connectivity index (χ3v) is 5.92. The Hall–Kier alpha value is -1.06. The third-order valence-electron chi connectivity index (χ3n) is 5.92. The highest BCUT2D eigenvalue weighted by Gasteiger charge is 2.53. The number of urea groups is 1. The smallest absolute Gasteiger partial charge is 0.319 e. The van der Waals surface area contributed by atoms with Crippen molar-refractivity contribution in [1.82, 2.24) is 9.80 Å². The van der Waals surface area contributed by atoms with Crippen LogP contribution in [0.5, 0.6) is 0 Å². The van der Waals surface area contributed by atoms with E-state index in [9.17, 15) is 9.59 Å². The fraction of sp³-hybridized carbons (Fsp3) is 0.875. The van der Waals surface area contributed by atoms with E-state index in [4.69, 9.17) is 0 Å². The van der Waals surface area contributed by atoms with Gasteiger partial charge in [-0.2, -0.15) is 0 Å². The molecule has 0 N–H and O–H groups in total. The molecule has 2 amide bonds. The second-order valence-electron chi connectivity index (χ2n) is 7.34. The lowest BCUT2D eigenvalue weighted by Gasteiger charge is -2.32. The van der Waals surface area contributed by atoms with Crippen molar-refractivity contribution in [3.63, 3.8) is 0 Å². The average Bonchev–Trinajstić information content (AvgIpc) is 3.11. The highest BCUT2D eigenvalue weighted by molar-refractivity contribution is 5.74. The van der Waals surface area contributed by atoms with Gasteiger partial charge in [-0.1, -0.05) is 12.8 Å². The SMILES string of the molecule is CN(C)C(=O)N1CC2CC(C=O)(C3CCCC3)CC2C1. The Labute approximate surface area is 121 Å². The molecule has 0 spiro atoms. The van der Waals surface area contributed by atoms with E-state index in [-0.39, 0.29) is 11.4 Å². The first-order chi connectivity index (χ1) is 9.55. The van der Waals surface area contributed by atoms with Gasteiger partial charge in [-0.3, -0.25) is 0 Å². The van der Waals surface area contributed by atoms with E-state index in [0.29, 0.717) is 17.8 Å². The minimum absolute atomic E-state index is 0.0565. The number of aldehydes is 1. The number of hydrogen-bond acceptors (Lipinski definition) is 2. The Morgan fingerprint density at radius 3 is 2.15 bits per heavy atom. The molecule has 2 unspecified atom stereocenters. The molecule has 3 rings (SSSR count). The number of hydrogen-bond donors (Lipinski definition) is 0. The molecule has 4 heteroatoms. The Morgan fingerprint density at radius 1 is 1.15 bits per heavy atom. The maximum atomic E-state index is 12.0. The number of fused-ring (bicyclic) bond motifs is 1. The number of likely N-dealkylation sites (tertiary alicyclic amines) is 1. The van der Waals surface area contributed by atoms with Gasteiger partial charge in [0.25, 0.3) is 0 Å². The summed E-state index contributed by atoms with van der Waals surface area (Å²) in [7, 11) is 3.62. The summed E-state index contributed by atoms with van der Waals surface area (Å²) < 4.78 is 0. The van der Waals surface area contributed by atoms with Crippen molar-refractivity contribution in [2.24, 2.45) is 23.2 Å². The summed E-state index contributed by atoms with van der Waals surface area (Å²) in [5.41, 5.74) is -0.0565. The zero-order valence-corrected chi connectivity index (χ0v) is 12.7. The summed E-state index contributed by atoms with van der Waals surface area (Å²) in [6.45, 7) is 1.70. The van der Waals surface area contributed by atoms with Crippen molar-refractivity contribution in [1.29, 1.82) is 0 Å². The number of rotatable bonds is 2. The molecule has 3 aliphatic rings. The van der Waals surface area contributed by atoms with E-state index in [0.717, 1.165) is 25.9 Å². The predicted octanol–water partition coefficient (Wildman–Crippen LogP) is 2.39. The van der Waals surface area contributed by atoms with Crippen LogP contribution in [0.2, 0.25) is 0 Å². The third kappa shape index (κ3) is 2.13. The molecule has 112 valence electrons. The molecule has 1 aliphatic heterocycles. The standard InChI is InChI=1S/C16H26N2O2/c1-17(2)15(20)18-9-12-7-16(11-19,8-13(12)10-18)14-5-3-4-6-14/h11-14H,3-10H2,1-2H3. The van der Waals surface area contributed by atoms with Crippen molar-refractivity contribution in [3.8, 4) is 0 Å². The first-order valence-electron chi connectivity index (χ1n) is 7.98. The monoisotopic (exact) mass is 278 g/mol. The van der Waals surface area contributed by atoms with Gasteiger partial charge < -0.3 is 14.6 Å². The van der Waals surface area contributed by atoms with Gasteiger partial charge in [0.2, 0.25) is 0 Å². The van der Waals surface area contributed by atoms with Crippen LogP contribution in [-0.2, 0) is 4.79 Å². The van der Waals surface area contributed by atoms with Crippen molar-refractivity contribution < 1.29 is 9.59 Å². The molecular weight excluding hydrogens is 252 g/mol. The molecule has 1 heterocycles.